The third-order valence-electron chi connectivity index (χ3n) is 3.97. The van der Waals surface area contributed by atoms with Gasteiger partial charge in [0.1, 0.15) is 11.3 Å². The monoisotopic (exact) mass is 317 g/mol. The van der Waals surface area contributed by atoms with Crippen LogP contribution in [0.2, 0.25) is 0 Å². The van der Waals surface area contributed by atoms with Crippen molar-refractivity contribution in [3.05, 3.63) is 38.2 Å². The Bertz CT molecular complexity index is 875. The summed E-state index contributed by atoms with van der Waals surface area (Å²) in [7, 11) is 0. The molecule has 3 heterocycles. The topological polar surface area (TPSA) is 111 Å². The van der Waals surface area contributed by atoms with Crippen LogP contribution in [0.5, 0.6) is 0 Å². The van der Waals surface area contributed by atoms with E-state index in [1.54, 1.807) is 17.9 Å². The fourth-order valence-electron chi connectivity index (χ4n) is 3.12. The van der Waals surface area contributed by atoms with E-state index in [1.165, 1.54) is 0 Å². The summed E-state index contributed by atoms with van der Waals surface area (Å²) < 4.78 is 0. The van der Waals surface area contributed by atoms with Crippen LogP contribution in [-0.4, -0.2) is 50.9 Å². The van der Waals surface area contributed by atoms with Crippen molar-refractivity contribution < 1.29 is 4.79 Å². The normalized spacial score (nSPS) is 21.6. The predicted octanol–water partition coefficient (Wildman–Crippen LogP) is -0.258. The van der Waals surface area contributed by atoms with Crippen molar-refractivity contribution in [3.8, 4) is 0 Å². The molecule has 2 aromatic rings. The lowest BCUT2D eigenvalue weighted by atomic mass is 10.1. The summed E-state index contributed by atoms with van der Waals surface area (Å²) in [6, 6.07) is 1.99. The molecule has 3 N–H and O–H groups in total. The lowest BCUT2D eigenvalue weighted by Crippen LogP contribution is -2.56. The molecule has 1 aliphatic rings. The number of amides is 1. The number of pyridine rings is 1. The molecule has 0 radical (unpaired) electrons. The zero-order valence-electron chi connectivity index (χ0n) is 13.3. The second-order valence-electron chi connectivity index (χ2n) is 6.14. The molecular formula is C15H19N5O3. The van der Waals surface area contributed by atoms with E-state index in [9.17, 15) is 14.4 Å². The lowest BCUT2D eigenvalue weighted by Gasteiger charge is -2.36. The second kappa shape index (κ2) is 5.62. The maximum Gasteiger partial charge on any atom is 0.327 e. The van der Waals surface area contributed by atoms with Gasteiger partial charge in [-0.15, -0.1) is 0 Å². The van der Waals surface area contributed by atoms with Gasteiger partial charge in [-0.1, -0.05) is 0 Å². The number of carbonyl (C=O) groups is 1. The number of H-pyrrole nitrogens is 2. The molecular weight excluding hydrogens is 298 g/mol. The van der Waals surface area contributed by atoms with Crippen LogP contribution in [-0.2, 0) is 0 Å². The molecule has 0 aromatic carbocycles. The Morgan fingerprint density at radius 1 is 1.22 bits per heavy atom. The van der Waals surface area contributed by atoms with Gasteiger partial charge < -0.3 is 10.2 Å². The number of fused-ring (bicyclic) bond motifs is 1. The fraction of sp³-hybridized carbons (Fsp3) is 0.467. The van der Waals surface area contributed by atoms with Crippen molar-refractivity contribution in [1.29, 1.82) is 0 Å². The Balaban J connectivity index is 2.05. The first-order valence-corrected chi connectivity index (χ1v) is 7.54. The van der Waals surface area contributed by atoms with E-state index in [-0.39, 0.29) is 29.3 Å². The average molecular weight is 317 g/mol. The molecule has 0 spiro atoms. The standard InChI is InChI=1S/C15H19N5O3/c1-7-4-10(14(22)20-5-8(2)16-9(3)6-20)17-12-11(7)13(21)19-15(23)18-12/h4,8-9,16H,5-6H2,1-3H3,(H2,17,18,19,21,23)/t8-,9-/m0/s1. The molecule has 1 amide bonds. The minimum absolute atomic E-state index is 0.137. The highest BCUT2D eigenvalue weighted by molar-refractivity contribution is 5.95. The number of aromatic nitrogens is 3. The number of nitrogens with one attached hydrogen (secondary N) is 3. The summed E-state index contributed by atoms with van der Waals surface area (Å²) in [4.78, 5) is 46.6. The Morgan fingerprint density at radius 2 is 1.87 bits per heavy atom. The quantitative estimate of drug-likeness (QED) is 0.671. The Kier molecular flexibility index (Phi) is 3.77. The van der Waals surface area contributed by atoms with Gasteiger partial charge in [-0.3, -0.25) is 19.6 Å². The van der Waals surface area contributed by atoms with Crippen LogP contribution in [0.4, 0.5) is 0 Å². The first-order valence-electron chi connectivity index (χ1n) is 7.54. The third kappa shape index (κ3) is 2.89. The van der Waals surface area contributed by atoms with Crippen LogP contribution in [0.15, 0.2) is 15.7 Å². The van der Waals surface area contributed by atoms with Crippen molar-refractivity contribution in [2.45, 2.75) is 32.9 Å². The van der Waals surface area contributed by atoms with Crippen LogP contribution in [0.3, 0.4) is 0 Å². The molecule has 23 heavy (non-hydrogen) atoms. The zero-order valence-corrected chi connectivity index (χ0v) is 13.3. The SMILES string of the molecule is Cc1cc(C(=O)N2C[C@H](C)N[C@@H](C)C2)nc2[nH]c(=O)[nH]c(=O)c12. The van der Waals surface area contributed by atoms with E-state index in [1.807, 2.05) is 13.8 Å². The van der Waals surface area contributed by atoms with Crippen molar-refractivity contribution in [3.63, 3.8) is 0 Å². The van der Waals surface area contributed by atoms with E-state index in [0.29, 0.717) is 24.0 Å². The molecule has 1 saturated heterocycles. The number of aromatic amines is 2. The van der Waals surface area contributed by atoms with Gasteiger partial charge in [-0.2, -0.15) is 0 Å². The predicted molar refractivity (Wildman–Crippen MR) is 85.7 cm³/mol. The molecule has 122 valence electrons. The van der Waals surface area contributed by atoms with Gasteiger partial charge in [-0.05, 0) is 32.4 Å². The molecule has 2 aromatic heterocycles. The maximum absolute atomic E-state index is 12.7. The van der Waals surface area contributed by atoms with Crippen LogP contribution in [0.25, 0.3) is 11.0 Å². The molecule has 8 heteroatoms. The number of aryl methyl sites for hydroxylation is 1. The van der Waals surface area contributed by atoms with Crippen LogP contribution in [0.1, 0.15) is 29.9 Å². The summed E-state index contributed by atoms with van der Waals surface area (Å²) in [5, 5.41) is 3.66. The van der Waals surface area contributed by atoms with E-state index < -0.39 is 11.2 Å². The third-order valence-corrected chi connectivity index (χ3v) is 3.97. The summed E-state index contributed by atoms with van der Waals surface area (Å²) >= 11 is 0. The van der Waals surface area contributed by atoms with E-state index in [4.69, 9.17) is 0 Å². The van der Waals surface area contributed by atoms with E-state index >= 15 is 0 Å². The number of piperazine rings is 1. The molecule has 0 bridgehead atoms. The van der Waals surface area contributed by atoms with Crippen LogP contribution < -0.4 is 16.6 Å². The van der Waals surface area contributed by atoms with Gasteiger partial charge >= 0.3 is 5.69 Å². The molecule has 3 rings (SSSR count). The minimum Gasteiger partial charge on any atom is -0.334 e. The van der Waals surface area contributed by atoms with Crippen molar-refractivity contribution in [1.82, 2.24) is 25.2 Å². The molecule has 0 saturated carbocycles. The molecule has 2 atom stereocenters. The van der Waals surface area contributed by atoms with Crippen LogP contribution >= 0.6 is 0 Å². The summed E-state index contributed by atoms with van der Waals surface area (Å²) in [5.41, 5.74) is -0.163. The molecule has 1 fully saturated rings. The highest BCUT2D eigenvalue weighted by atomic mass is 16.2. The number of rotatable bonds is 1. The minimum atomic E-state index is -0.636. The Labute approximate surface area is 131 Å². The van der Waals surface area contributed by atoms with Gasteiger partial charge in [0.15, 0.2) is 0 Å². The lowest BCUT2D eigenvalue weighted by molar-refractivity contribution is 0.0668. The van der Waals surface area contributed by atoms with E-state index in [2.05, 4.69) is 20.3 Å². The number of hydrogen-bond donors (Lipinski definition) is 3. The highest BCUT2D eigenvalue weighted by Crippen LogP contribution is 2.14. The number of nitrogens with zero attached hydrogens (tertiary/aromatic N) is 2. The fourth-order valence-corrected chi connectivity index (χ4v) is 3.12. The molecule has 0 unspecified atom stereocenters. The summed E-state index contributed by atoms with van der Waals surface area (Å²) in [5.74, 6) is -0.198. The molecule has 0 aliphatic carbocycles. The Morgan fingerprint density at radius 3 is 2.52 bits per heavy atom. The molecule has 1 aliphatic heterocycles. The zero-order chi connectivity index (χ0) is 16.7. The largest absolute Gasteiger partial charge is 0.334 e. The van der Waals surface area contributed by atoms with E-state index in [0.717, 1.165) is 0 Å². The Hall–Kier alpha value is -2.48. The average Bonchev–Trinajstić information content (AvgIpc) is 2.44. The van der Waals surface area contributed by atoms with Crippen molar-refractivity contribution in [2.75, 3.05) is 13.1 Å². The first-order chi connectivity index (χ1) is 10.8. The summed E-state index contributed by atoms with van der Waals surface area (Å²) in [6.07, 6.45) is 0. The number of hydrogen-bond acceptors (Lipinski definition) is 5. The first kappa shape index (κ1) is 15.4. The van der Waals surface area contributed by atoms with Crippen molar-refractivity contribution >= 4 is 16.9 Å². The smallest absolute Gasteiger partial charge is 0.327 e. The van der Waals surface area contributed by atoms with Gasteiger partial charge in [0.25, 0.3) is 11.5 Å². The van der Waals surface area contributed by atoms with Gasteiger partial charge in [0.2, 0.25) is 0 Å². The van der Waals surface area contributed by atoms with Crippen molar-refractivity contribution in [2.24, 2.45) is 0 Å². The molecule has 8 nitrogen and oxygen atoms in total. The number of carbonyl (C=O) groups excluding carboxylic acids is 1. The van der Waals surface area contributed by atoms with Gasteiger partial charge in [0, 0.05) is 25.2 Å². The maximum atomic E-state index is 12.7. The van der Waals surface area contributed by atoms with Crippen LogP contribution in [0, 0.1) is 6.92 Å². The highest BCUT2D eigenvalue weighted by Gasteiger charge is 2.26. The van der Waals surface area contributed by atoms with Gasteiger partial charge in [0.05, 0.1) is 5.39 Å². The summed E-state index contributed by atoms with van der Waals surface area (Å²) in [6.45, 7) is 6.94. The second-order valence-corrected chi connectivity index (χ2v) is 6.14. The van der Waals surface area contributed by atoms with Gasteiger partial charge in [-0.25, -0.2) is 9.78 Å².